The number of rotatable bonds is 7. The van der Waals surface area contributed by atoms with Crippen LogP contribution in [0.3, 0.4) is 0 Å². The second-order valence-electron chi connectivity index (χ2n) is 8.41. The summed E-state index contributed by atoms with van der Waals surface area (Å²) in [6.45, 7) is 1.53. The fraction of sp³-hybridized carbons (Fsp3) is 0.304. The number of aliphatic imine (C=N–C) groups is 1. The highest BCUT2D eigenvalue weighted by molar-refractivity contribution is 7.99. The minimum absolute atomic E-state index is 0.263. The van der Waals surface area contributed by atoms with Gasteiger partial charge in [-0.3, -0.25) is 4.79 Å². The monoisotopic (exact) mass is 514 g/mol. The fourth-order valence-corrected chi connectivity index (χ4v) is 4.32. The molecule has 0 bridgehead atoms. The number of halogens is 3. The van der Waals surface area contributed by atoms with E-state index in [0.29, 0.717) is 32.8 Å². The van der Waals surface area contributed by atoms with Gasteiger partial charge in [-0.25, -0.2) is 14.5 Å². The number of benzene rings is 1. The topological polar surface area (TPSA) is 102 Å². The largest absolute Gasteiger partial charge is 0.390 e. The molecule has 1 fully saturated rings. The van der Waals surface area contributed by atoms with E-state index >= 15 is 0 Å². The van der Waals surface area contributed by atoms with Crippen LogP contribution in [-0.2, 0) is 7.05 Å². The van der Waals surface area contributed by atoms with Gasteiger partial charge >= 0.3 is 6.18 Å². The summed E-state index contributed by atoms with van der Waals surface area (Å²) in [6.07, 6.45) is -0.386. The first-order valence-corrected chi connectivity index (χ1v) is 11.9. The number of amides is 1. The van der Waals surface area contributed by atoms with E-state index in [1.165, 1.54) is 11.8 Å². The average molecular weight is 515 g/mol. The van der Waals surface area contributed by atoms with E-state index in [1.54, 1.807) is 46.9 Å². The van der Waals surface area contributed by atoms with Gasteiger partial charge in [0.1, 0.15) is 11.4 Å². The molecule has 0 aliphatic heterocycles. The first kappa shape index (κ1) is 24.0. The summed E-state index contributed by atoms with van der Waals surface area (Å²) in [6, 6.07) is 7.01. The minimum Gasteiger partial charge on any atom is -0.382 e. The van der Waals surface area contributed by atoms with Crippen molar-refractivity contribution in [3.05, 3.63) is 47.9 Å². The van der Waals surface area contributed by atoms with Crippen molar-refractivity contribution in [1.82, 2.24) is 29.4 Å². The van der Waals surface area contributed by atoms with Crippen LogP contribution in [0.2, 0.25) is 0 Å². The number of nitrogens with zero attached hydrogens (tertiary/aromatic N) is 7. The Morgan fingerprint density at radius 2 is 2.06 bits per heavy atom. The molecule has 4 aromatic rings. The number of carbonyl (C=O) groups excluding carboxylic acids is 1. The molecule has 3 aromatic heterocycles. The van der Waals surface area contributed by atoms with Crippen molar-refractivity contribution < 1.29 is 18.0 Å². The molecule has 1 N–H and O–H groups in total. The van der Waals surface area contributed by atoms with Crippen molar-refractivity contribution in [3.63, 3.8) is 0 Å². The van der Waals surface area contributed by atoms with E-state index in [4.69, 9.17) is 0 Å². The highest BCUT2D eigenvalue weighted by atomic mass is 32.2. The quantitative estimate of drug-likeness (QED) is 0.381. The lowest BCUT2D eigenvalue weighted by molar-refractivity contribution is -0.131. The number of hydrogen-bond donors (Lipinski definition) is 1. The van der Waals surface area contributed by atoms with Crippen molar-refractivity contribution in [2.24, 2.45) is 12.0 Å². The summed E-state index contributed by atoms with van der Waals surface area (Å²) in [5.74, 6) is -0.263. The maximum absolute atomic E-state index is 12.7. The summed E-state index contributed by atoms with van der Waals surface area (Å²) in [7, 11) is 1.78. The molecule has 1 amide bonds. The van der Waals surface area contributed by atoms with E-state index in [1.807, 2.05) is 13.0 Å². The number of carbonyl (C=O) groups is 1. The predicted molar refractivity (Wildman–Crippen MR) is 128 cm³/mol. The maximum Gasteiger partial charge on any atom is 0.390 e. The zero-order valence-electron chi connectivity index (χ0n) is 19.4. The first-order valence-electron chi connectivity index (χ1n) is 11.1. The number of alkyl halides is 3. The zero-order valence-corrected chi connectivity index (χ0v) is 20.2. The molecule has 36 heavy (non-hydrogen) atoms. The van der Waals surface area contributed by atoms with Crippen LogP contribution in [0.5, 0.6) is 0 Å². The number of aryl methyl sites for hydroxylation is 2. The van der Waals surface area contributed by atoms with Gasteiger partial charge in [-0.1, -0.05) is 6.07 Å². The van der Waals surface area contributed by atoms with Crippen LogP contribution in [0.15, 0.2) is 52.0 Å². The molecule has 0 radical (unpaired) electrons. The van der Waals surface area contributed by atoms with Crippen molar-refractivity contribution >= 4 is 34.7 Å². The van der Waals surface area contributed by atoms with Crippen LogP contribution >= 0.6 is 11.8 Å². The average Bonchev–Trinajstić information content (AvgIpc) is 3.37. The van der Waals surface area contributed by atoms with Crippen LogP contribution in [-0.4, -0.2) is 53.7 Å². The molecule has 9 nitrogen and oxygen atoms in total. The third-order valence-corrected chi connectivity index (χ3v) is 6.48. The standard InChI is InChI=1S/C23H21F3N8OS/c1-13-9-14(3-6-16(13)21(35)30-15-4-5-15)18-11-28-20-17(27-8-7-23(24,25)26)10-19(32-34(18)20)36-22-31-29-12-33(22)2/h3,6,9-12,27H,4-5,7-8H2,1-2H3. The number of aromatic nitrogens is 6. The normalized spacial score (nSPS) is 13.3. The van der Waals surface area contributed by atoms with Crippen LogP contribution in [0, 0.1) is 6.92 Å². The third-order valence-electron chi connectivity index (χ3n) is 5.52. The smallest absolute Gasteiger partial charge is 0.382 e. The van der Waals surface area contributed by atoms with E-state index in [0.717, 1.165) is 29.7 Å². The number of nitrogens with one attached hydrogen (secondary N) is 1. The van der Waals surface area contributed by atoms with E-state index in [2.05, 4.69) is 30.6 Å². The van der Waals surface area contributed by atoms with Gasteiger partial charge in [0.2, 0.25) is 0 Å². The minimum atomic E-state index is -4.28. The molecule has 0 spiro atoms. The lowest BCUT2D eigenvalue weighted by Crippen LogP contribution is -2.15. The Hall–Kier alpha value is -3.74. The molecule has 1 saturated carbocycles. The van der Waals surface area contributed by atoms with Crippen molar-refractivity contribution in [2.75, 3.05) is 11.9 Å². The Balaban J connectivity index is 1.53. The second kappa shape index (κ2) is 9.37. The summed E-state index contributed by atoms with van der Waals surface area (Å²) in [5.41, 5.74) is 4.36. The molecule has 1 aliphatic carbocycles. The van der Waals surface area contributed by atoms with Gasteiger partial charge in [0, 0.05) is 30.4 Å². The molecular formula is C23H21F3N8OS. The van der Waals surface area contributed by atoms with Crippen molar-refractivity contribution in [2.45, 2.75) is 42.5 Å². The number of hydrogen-bond acceptors (Lipinski definition) is 7. The molecule has 5 rings (SSSR count). The molecule has 0 atom stereocenters. The van der Waals surface area contributed by atoms with Crippen molar-refractivity contribution in [1.29, 1.82) is 0 Å². The highest BCUT2D eigenvalue weighted by Crippen LogP contribution is 2.31. The lowest BCUT2D eigenvalue weighted by atomic mass is 10.0. The predicted octanol–water partition coefficient (Wildman–Crippen LogP) is 4.72. The Bertz CT molecular complexity index is 1480. The fourth-order valence-electron chi connectivity index (χ4n) is 3.55. The van der Waals surface area contributed by atoms with Gasteiger partial charge in [-0.2, -0.15) is 18.3 Å². The number of imidazole rings is 1. The molecule has 186 valence electrons. The summed E-state index contributed by atoms with van der Waals surface area (Å²) in [5, 5.41) is 16.5. The highest BCUT2D eigenvalue weighted by Gasteiger charge is 2.26. The molecule has 0 unspecified atom stereocenters. The van der Waals surface area contributed by atoms with E-state index in [9.17, 15) is 18.0 Å². The molecule has 13 heteroatoms. The molecule has 1 aromatic carbocycles. The molecule has 1 aliphatic rings. The van der Waals surface area contributed by atoms with Crippen LogP contribution in [0.1, 0.15) is 35.2 Å². The molecular weight excluding hydrogens is 493 g/mol. The lowest BCUT2D eigenvalue weighted by Gasteiger charge is -2.12. The summed E-state index contributed by atoms with van der Waals surface area (Å²) >= 11 is 1.23. The zero-order chi connectivity index (χ0) is 25.4. The maximum atomic E-state index is 12.7. The SMILES string of the molecule is Cc1cc(-c2cnc3c(NCCC(F)(F)F)cc(Sc4nncn4C)nn23)ccc1C(=O)N=C1CC1. The van der Waals surface area contributed by atoms with E-state index < -0.39 is 12.6 Å². The van der Waals surface area contributed by atoms with Gasteiger partial charge < -0.3 is 9.88 Å². The summed E-state index contributed by atoms with van der Waals surface area (Å²) in [4.78, 5) is 21.0. The molecule has 3 heterocycles. The van der Waals surface area contributed by atoms with Crippen LogP contribution in [0.25, 0.3) is 16.9 Å². The Morgan fingerprint density at radius 3 is 2.72 bits per heavy atom. The molecule has 0 saturated heterocycles. The first-order chi connectivity index (χ1) is 17.2. The number of fused-ring (bicyclic) bond motifs is 1. The Kier molecular flexibility index (Phi) is 6.24. The van der Waals surface area contributed by atoms with E-state index in [-0.39, 0.29) is 12.5 Å². The summed E-state index contributed by atoms with van der Waals surface area (Å²) < 4.78 is 41.5. The van der Waals surface area contributed by atoms with Crippen LogP contribution < -0.4 is 5.32 Å². The van der Waals surface area contributed by atoms with Gasteiger partial charge in [0.25, 0.3) is 5.91 Å². The third kappa shape index (κ3) is 5.25. The van der Waals surface area contributed by atoms with Crippen molar-refractivity contribution in [3.8, 4) is 11.3 Å². The van der Waals surface area contributed by atoms with Gasteiger partial charge in [0.15, 0.2) is 10.8 Å². The number of anilines is 1. The van der Waals surface area contributed by atoms with Gasteiger partial charge in [0.05, 0.1) is 24.0 Å². The Labute approximate surface area is 207 Å². The second-order valence-corrected chi connectivity index (χ2v) is 9.39. The van der Waals surface area contributed by atoms with Crippen LogP contribution in [0.4, 0.5) is 18.9 Å². The van der Waals surface area contributed by atoms with Gasteiger partial charge in [-0.05, 0) is 55.3 Å². The van der Waals surface area contributed by atoms with Gasteiger partial charge in [-0.15, -0.1) is 10.2 Å². The Morgan fingerprint density at radius 1 is 1.25 bits per heavy atom.